The van der Waals surface area contributed by atoms with Gasteiger partial charge in [-0.1, -0.05) is 69.3 Å². The van der Waals surface area contributed by atoms with Gasteiger partial charge in [0.25, 0.3) is 0 Å². The van der Waals surface area contributed by atoms with E-state index in [0.717, 1.165) is 53.9 Å². The molecule has 0 atom stereocenters. The Morgan fingerprint density at radius 2 is 1.60 bits per heavy atom. The maximum Gasteiger partial charge on any atom is 0.221 e. The maximum atomic E-state index is 5.91. The molecule has 35 heavy (non-hydrogen) atoms. The molecule has 0 fully saturated rings. The van der Waals surface area contributed by atoms with E-state index in [9.17, 15) is 0 Å². The van der Waals surface area contributed by atoms with Gasteiger partial charge in [0.05, 0.1) is 0 Å². The fourth-order valence-corrected chi connectivity index (χ4v) is 3.85. The number of ether oxygens (including phenoxy) is 2. The number of aromatic nitrogens is 7. The van der Waals surface area contributed by atoms with Crippen molar-refractivity contribution in [3.8, 4) is 22.5 Å². The Morgan fingerprint density at radius 1 is 0.886 bits per heavy atom. The molecule has 0 saturated carbocycles. The summed E-state index contributed by atoms with van der Waals surface area (Å²) < 4.78 is 13.8. The summed E-state index contributed by atoms with van der Waals surface area (Å²) in [5, 5.41) is 19.2. The second-order valence-electron chi connectivity index (χ2n) is 8.34. The largest absolute Gasteiger partial charge is 0.346 e. The summed E-state index contributed by atoms with van der Waals surface area (Å²) in [6, 6.07) is 16.6. The number of aryl methyl sites for hydroxylation is 1. The number of hydrogen-bond donors (Lipinski definition) is 1. The van der Waals surface area contributed by atoms with Gasteiger partial charge in [-0.25, -0.2) is 9.67 Å². The van der Waals surface area contributed by atoms with Crippen molar-refractivity contribution in [2.45, 2.75) is 59.3 Å². The number of tetrazole rings is 1. The van der Waals surface area contributed by atoms with Gasteiger partial charge in [0.2, 0.25) is 17.9 Å². The third kappa shape index (κ3) is 6.17. The Labute approximate surface area is 205 Å². The van der Waals surface area contributed by atoms with E-state index < -0.39 is 6.29 Å². The highest BCUT2D eigenvalue weighted by Crippen LogP contribution is 2.30. The van der Waals surface area contributed by atoms with E-state index in [4.69, 9.17) is 19.6 Å². The monoisotopic (exact) mass is 475 g/mol. The van der Waals surface area contributed by atoms with Crippen molar-refractivity contribution in [3.63, 3.8) is 0 Å². The van der Waals surface area contributed by atoms with Crippen molar-refractivity contribution in [2.24, 2.45) is 0 Å². The predicted molar refractivity (Wildman–Crippen MR) is 133 cm³/mol. The molecule has 0 aliphatic carbocycles. The summed E-state index contributed by atoms with van der Waals surface area (Å²) in [6.45, 7) is 8.32. The second-order valence-corrected chi connectivity index (χ2v) is 8.34. The lowest BCUT2D eigenvalue weighted by molar-refractivity contribution is -0.151. The van der Waals surface area contributed by atoms with Gasteiger partial charge < -0.3 is 9.47 Å². The van der Waals surface area contributed by atoms with Gasteiger partial charge >= 0.3 is 0 Å². The average molecular weight is 476 g/mol. The van der Waals surface area contributed by atoms with Gasteiger partial charge in [-0.3, -0.25) is 0 Å². The van der Waals surface area contributed by atoms with E-state index in [1.165, 1.54) is 0 Å². The van der Waals surface area contributed by atoms with Crippen LogP contribution in [0.3, 0.4) is 0 Å². The zero-order valence-electron chi connectivity index (χ0n) is 20.6. The van der Waals surface area contributed by atoms with Crippen LogP contribution in [0.4, 0.5) is 0 Å². The van der Waals surface area contributed by atoms with Gasteiger partial charge in [-0.15, -0.1) is 10.2 Å². The molecule has 9 nitrogen and oxygen atoms in total. The number of nitrogens with zero attached hydrogens (tertiary/aromatic N) is 6. The minimum absolute atomic E-state index is 0.532. The van der Waals surface area contributed by atoms with Crippen LogP contribution in [-0.2, 0) is 22.4 Å². The number of hydrogen-bond acceptors (Lipinski definition) is 7. The normalized spacial score (nSPS) is 11.4. The number of H-pyrrole nitrogens is 1. The molecule has 2 aromatic carbocycles. The van der Waals surface area contributed by atoms with Crippen molar-refractivity contribution in [3.05, 3.63) is 65.7 Å². The van der Waals surface area contributed by atoms with Crippen LogP contribution in [0.1, 0.15) is 63.5 Å². The van der Waals surface area contributed by atoms with E-state index in [0.29, 0.717) is 31.3 Å². The summed E-state index contributed by atoms with van der Waals surface area (Å²) in [7, 11) is 0. The lowest BCUT2D eigenvalue weighted by Gasteiger charge is -2.14. The van der Waals surface area contributed by atoms with Crippen molar-refractivity contribution in [2.75, 3.05) is 13.2 Å². The van der Waals surface area contributed by atoms with Crippen LogP contribution >= 0.6 is 0 Å². The number of rotatable bonds is 13. The highest BCUT2D eigenvalue weighted by molar-refractivity contribution is 5.80. The molecule has 0 saturated heterocycles. The molecular weight excluding hydrogens is 442 g/mol. The summed E-state index contributed by atoms with van der Waals surface area (Å²) in [5.74, 6) is 2.09. The van der Waals surface area contributed by atoms with Crippen LogP contribution in [0, 0.1) is 0 Å². The molecule has 2 heterocycles. The van der Waals surface area contributed by atoms with E-state index >= 15 is 0 Å². The summed E-state index contributed by atoms with van der Waals surface area (Å²) >= 11 is 0. The number of nitrogens with one attached hydrogen (secondary N) is 1. The van der Waals surface area contributed by atoms with Gasteiger partial charge in [-0.05, 0) is 41.2 Å². The predicted octanol–water partition coefficient (Wildman–Crippen LogP) is 4.98. The lowest BCUT2D eigenvalue weighted by atomic mass is 9.98. The Morgan fingerprint density at radius 3 is 2.23 bits per heavy atom. The van der Waals surface area contributed by atoms with Crippen LogP contribution in [0.5, 0.6) is 0 Å². The van der Waals surface area contributed by atoms with Crippen molar-refractivity contribution in [1.82, 2.24) is 35.4 Å². The van der Waals surface area contributed by atoms with Crippen LogP contribution in [0.15, 0.2) is 48.5 Å². The first kappa shape index (κ1) is 24.7. The Bertz CT molecular complexity index is 1160. The molecule has 0 amide bonds. The zero-order chi connectivity index (χ0) is 24.5. The van der Waals surface area contributed by atoms with Crippen LogP contribution < -0.4 is 0 Å². The van der Waals surface area contributed by atoms with E-state index in [-0.39, 0.29) is 0 Å². The third-order valence-electron chi connectivity index (χ3n) is 5.50. The molecule has 4 aromatic rings. The molecule has 0 unspecified atom stereocenters. The maximum absolute atomic E-state index is 5.91. The van der Waals surface area contributed by atoms with Gasteiger partial charge in [-0.2, -0.15) is 10.3 Å². The number of aromatic amines is 1. The van der Waals surface area contributed by atoms with Crippen molar-refractivity contribution >= 4 is 0 Å². The lowest BCUT2D eigenvalue weighted by Crippen LogP contribution is -2.13. The van der Waals surface area contributed by atoms with Gasteiger partial charge in [0, 0.05) is 31.7 Å². The highest BCUT2D eigenvalue weighted by Gasteiger charge is 2.21. The molecule has 9 heteroatoms. The minimum Gasteiger partial charge on any atom is -0.346 e. The molecule has 0 aliphatic heterocycles. The zero-order valence-corrected chi connectivity index (χ0v) is 20.6. The van der Waals surface area contributed by atoms with E-state index in [2.05, 4.69) is 71.7 Å². The molecular formula is C26H33N7O2. The summed E-state index contributed by atoms with van der Waals surface area (Å²) in [4.78, 5) is 4.83. The summed E-state index contributed by atoms with van der Waals surface area (Å²) in [6.07, 6.45) is 2.94. The topological polar surface area (TPSA) is 104 Å². The molecule has 0 aliphatic rings. The first-order valence-corrected chi connectivity index (χ1v) is 12.3. The number of benzene rings is 2. The molecule has 4 rings (SSSR count). The Hall–Kier alpha value is -3.43. The molecule has 2 aromatic heterocycles. The fraction of sp³-hybridized carbons (Fsp3) is 0.423. The second kappa shape index (κ2) is 12.3. The first-order valence-electron chi connectivity index (χ1n) is 12.3. The SMILES string of the molecule is CCCOC(OCCC)c1nc(Cc2ccc(-c3ccccc3-c3nn[nH]n3)cc2)n(CCC)n1. The van der Waals surface area contributed by atoms with Crippen LogP contribution in [-0.4, -0.2) is 48.6 Å². The minimum atomic E-state index is -0.532. The Kier molecular flexibility index (Phi) is 8.69. The molecule has 0 radical (unpaired) electrons. The van der Waals surface area contributed by atoms with Gasteiger partial charge in [0.15, 0.2) is 0 Å². The first-order chi connectivity index (χ1) is 17.2. The quantitative estimate of drug-likeness (QED) is 0.272. The summed E-state index contributed by atoms with van der Waals surface area (Å²) in [5.41, 5.74) is 4.24. The van der Waals surface area contributed by atoms with E-state index in [1.54, 1.807) is 0 Å². The highest BCUT2D eigenvalue weighted by atomic mass is 16.7. The molecule has 184 valence electrons. The average Bonchev–Trinajstić information content (AvgIpc) is 3.56. The van der Waals surface area contributed by atoms with Crippen molar-refractivity contribution < 1.29 is 9.47 Å². The Balaban J connectivity index is 1.56. The molecule has 0 spiro atoms. The molecule has 1 N–H and O–H groups in total. The molecule has 0 bridgehead atoms. The van der Waals surface area contributed by atoms with Crippen molar-refractivity contribution in [1.29, 1.82) is 0 Å². The van der Waals surface area contributed by atoms with Gasteiger partial charge in [0.1, 0.15) is 5.82 Å². The standard InChI is InChI=1S/C26H33N7O2/c1-4-15-33-23(27-25(30-33)26(34-16-5-2)35-17-6-3)18-19-11-13-20(14-12-19)21-9-7-8-10-22(21)24-28-31-32-29-24/h7-14,26H,4-6,15-18H2,1-3H3,(H,28,29,31,32). The third-order valence-corrected chi connectivity index (χ3v) is 5.50. The van der Waals surface area contributed by atoms with Crippen LogP contribution in [0.25, 0.3) is 22.5 Å². The van der Waals surface area contributed by atoms with Crippen LogP contribution in [0.2, 0.25) is 0 Å². The fourth-order valence-electron chi connectivity index (χ4n) is 3.85. The smallest absolute Gasteiger partial charge is 0.221 e. The van der Waals surface area contributed by atoms with E-state index in [1.807, 2.05) is 22.9 Å².